The second-order valence-corrected chi connectivity index (χ2v) is 8.88. The number of rotatable bonds is 9. The van der Waals surface area contributed by atoms with Crippen molar-refractivity contribution in [2.24, 2.45) is 0 Å². The van der Waals surface area contributed by atoms with E-state index in [1.807, 2.05) is 0 Å². The molecule has 1 aromatic heterocycles. The number of sulfonamides is 1. The molecule has 0 fully saturated rings. The SMILES string of the molecule is CS(=O)(=O)NCCc1ccc(C(=O)OCC(=O)Nc2ccc(OC(F)(F)F)cc2)s1. The summed E-state index contributed by atoms with van der Waals surface area (Å²) < 4.78 is 69.3. The van der Waals surface area contributed by atoms with Crippen molar-refractivity contribution in [3.8, 4) is 5.75 Å². The van der Waals surface area contributed by atoms with Gasteiger partial charge >= 0.3 is 12.3 Å². The highest BCUT2D eigenvalue weighted by Crippen LogP contribution is 2.24. The third-order valence-electron chi connectivity index (χ3n) is 3.30. The first kappa shape index (κ1) is 23.6. The first-order valence-corrected chi connectivity index (χ1v) is 11.0. The van der Waals surface area contributed by atoms with Crippen molar-refractivity contribution in [1.82, 2.24) is 4.72 Å². The van der Waals surface area contributed by atoms with Gasteiger partial charge in [0.05, 0.1) is 6.26 Å². The first-order valence-electron chi connectivity index (χ1n) is 8.27. The van der Waals surface area contributed by atoms with Crippen LogP contribution >= 0.6 is 11.3 Å². The molecule has 1 heterocycles. The van der Waals surface area contributed by atoms with Crippen LogP contribution in [-0.2, 0) is 26.0 Å². The number of hydrogen-bond donors (Lipinski definition) is 2. The number of amides is 1. The molecule has 1 aromatic carbocycles. The topological polar surface area (TPSA) is 111 Å². The summed E-state index contributed by atoms with van der Waals surface area (Å²) in [7, 11) is -3.30. The Bertz CT molecular complexity index is 988. The molecule has 2 aromatic rings. The van der Waals surface area contributed by atoms with Crippen molar-refractivity contribution >= 4 is 38.9 Å². The van der Waals surface area contributed by atoms with Crippen LogP contribution in [0.3, 0.4) is 0 Å². The molecular weight excluding hydrogens is 449 g/mol. The van der Waals surface area contributed by atoms with Crippen LogP contribution in [0, 0.1) is 0 Å². The summed E-state index contributed by atoms with van der Waals surface area (Å²) in [6.45, 7) is -0.411. The fourth-order valence-electron chi connectivity index (χ4n) is 2.12. The van der Waals surface area contributed by atoms with Gasteiger partial charge in [-0.2, -0.15) is 0 Å². The van der Waals surface area contributed by atoms with E-state index in [-0.39, 0.29) is 17.1 Å². The van der Waals surface area contributed by atoms with E-state index in [0.717, 1.165) is 34.6 Å². The number of thiophene rings is 1. The van der Waals surface area contributed by atoms with E-state index >= 15 is 0 Å². The van der Waals surface area contributed by atoms with Gasteiger partial charge in [0.25, 0.3) is 5.91 Å². The number of nitrogens with one attached hydrogen (secondary N) is 2. The number of hydrogen-bond acceptors (Lipinski definition) is 7. The average molecular weight is 466 g/mol. The number of halogens is 3. The van der Waals surface area contributed by atoms with Crippen LogP contribution in [0.2, 0.25) is 0 Å². The summed E-state index contributed by atoms with van der Waals surface area (Å²) >= 11 is 1.11. The Kier molecular flexibility index (Phi) is 7.81. The number of carbonyl (C=O) groups is 2. The normalized spacial score (nSPS) is 11.7. The smallest absolute Gasteiger partial charge is 0.451 e. The lowest BCUT2D eigenvalue weighted by Gasteiger charge is -2.10. The summed E-state index contributed by atoms with van der Waals surface area (Å²) in [5.74, 6) is -1.85. The van der Waals surface area contributed by atoms with E-state index in [4.69, 9.17) is 4.74 Å². The average Bonchev–Trinajstić information content (AvgIpc) is 3.08. The van der Waals surface area contributed by atoms with Crippen molar-refractivity contribution in [3.05, 3.63) is 46.2 Å². The third kappa shape index (κ3) is 8.80. The molecular formula is C17H17F3N2O6S2. The monoisotopic (exact) mass is 466 g/mol. The highest BCUT2D eigenvalue weighted by Gasteiger charge is 2.31. The molecule has 8 nitrogen and oxygen atoms in total. The van der Waals surface area contributed by atoms with Crippen molar-refractivity contribution < 1.29 is 40.7 Å². The number of esters is 1. The molecule has 2 rings (SSSR count). The number of carbonyl (C=O) groups excluding carboxylic acids is 2. The number of ether oxygens (including phenoxy) is 2. The van der Waals surface area contributed by atoms with Crippen LogP contribution in [-0.4, -0.2) is 46.1 Å². The molecule has 0 unspecified atom stereocenters. The molecule has 30 heavy (non-hydrogen) atoms. The largest absolute Gasteiger partial charge is 0.573 e. The molecule has 0 aliphatic heterocycles. The second kappa shape index (κ2) is 9.91. The highest BCUT2D eigenvalue weighted by atomic mass is 32.2. The van der Waals surface area contributed by atoms with Crippen LogP contribution in [0.4, 0.5) is 18.9 Å². The summed E-state index contributed by atoms with van der Waals surface area (Å²) in [6.07, 6.45) is -3.38. The Labute approximate surface area is 174 Å². The fourth-order valence-corrected chi connectivity index (χ4v) is 3.49. The molecule has 0 radical (unpaired) electrons. The molecule has 0 aliphatic rings. The van der Waals surface area contributed by atoms with E-state index < -0.39 is 40.6 Å². The lowest BCUT2D eigenvalue weighted by molar-refractivity contribution is -0.274. The van der Waals surface area contributed by atoms with Gasteiger partial charge in [-0.25, -0.2) is 17.9 Å². The van der Waals surface area contributed by atoms with Gasteiger partial charge in [-0.1, -0.05) is 0 Å². The maximum Gasteiger partial charge on any atom is 0.573 e. The van der Waals surface area contributed by atoms with Crippen LogP contribution in [0.1, 0.15) is 14.5 Å². The van der Waals surface area contributed by atoms with E-state index in [1.165, 1.54) is 18.2 Å². The van der Waals surface area contributed by atoms with Gasteiger partial charge in [0.15, 0.2) is 6.61 Å². The van der Waals surface area contributed by atoms with Gasteiger partial charge in [0, 0.05) is 17.1 Å². The molecule has 0 aliphatic carbocycles. The van der Waals surface area contributed by atoms with Crippen LogP contribution in [0.25, 0.3) is 0 Å². The van der Waals surface area contributed by atoms with Gasteiger partial charge in [-0.05, 0) is 42.8 Å². The fraction of sp³-hybridized carbons (Fsp3) is 0.294. The predicted molar refractivity (Wildman–Crippen MR) is 103 cm³/mol. The molecule has 0 atom stereocenters. The second-order valence-electron chi connectivity index (χ2n) is 5.88. The maximum atomic E-state index is 12.1. The summed E-state index contributed by atoms with van der Waals surface area (Å²) in [5, 5.41) is 2.37. The Morgan fingerprint density at radius 1 is 1.10 bits per heavy atom. The highest BCUT2D eigenvalue weighted by molar-refractivity contribution is 7.88. The zero-order valence-corrected chi connectivity index (χ0v) is 17.1. The molecule has 0 bridgehead atoms. The molecule has 1 amide bonds. The van der Waals surface area contributed by atoms with Crippen molar-refractivity contribution in [3.63, 3.8) is 0 Å². The lowest BCUT2D eigenvalue weighted by atomic mass is 10.3. The van der Waals surface area contributed by atoms with Crippen LogP contribution in [0.15, 0.2) is 36.4 Å². The van der Waals surface area contributed by atoms with E-state index in [9.17, 15) is 31.2 Å². The van der Waals surface area contributed by atoms with Crippen LogP contribution < -0.4 is 14.8 Å². The summed E-state index contributed by atoms with van der Waals surface area (Å²) in [4.78, 5) is 24.8. The zero-order valence-electron chi connectivity index (χ0n) is 15.5. The predicted octanol–water partition coefficient (Wildman–Crippen LogP) is 2.53. The first-order chi connectivity index (χ1) is 13.9. The molecule has 0 saturated carbocycles. The minimum Gasteiger partial charge on any atom is -0.451 e. The van der Waals surface area contributed by atoms with E-state index in [0.29, 0.717) is 6.42 Å². The molecule has 13 heteroatoms. The van der Waals surface area contributed by atoms with Crippen LogP contribution in [0.5, 0.6) is 5.75 Å². The standard InChI is InChI=1S/C17H17F3N2O6S2/c1-30(25,26)21-9-8-13-6-7-14(29-13)16(24)27-10-15(23)22-11-2-4-12(5-3-11)28-17(18,19)20/h2-7,21H,8-10H2,1H3,(H,22,23). The number of benzene rings is 1. The Balaban J connectivity index is 1.78. The van der Waals surface area contributed by atoms with E-state index in [1.54, 1.807) is 6.07 Å². The van der Waals surface area contributed by atoms with Gasteiger partial charge in [-0.3, -0.25) is 4.79 Å². The van der Waals surface area contributed by atoms with Gasteiger partial charge in [0.2, 0.25) is 10.0 Å². The lowest BCUT2D eigenvalue weighted by Crippen LogP contribution is -2.24. The maximum absolute atomic E-state index is 12.1. The minimum absolute atomic E-state index is 0.184. The summed E-state index contributed by atoms with van der Waals surface area (Å²) in [5.41, 5.74) is 0.197. The molecule has 164 valence electrons. The Hall–Kier alpha value is -2.64. The molecule has 0 saturated heterocycles. The third-order valence-corrected chi connectivity index (χ3v) is 5.16. The Morgan fingerprint density at radius 2 is 1.77 bits per heavy atom. The quantitative estimate of drug-likeness (QED) is 0.550. The Morgan fingerprint density at radius 3 is 2.37 bits per heavy atom. The van der Waals surface area contributed by atoms with Crippen molar-refractivity contribution in [2.45, 2.75) is 12.8 Å². The van der Waals surface area contributed by atoms with Crippen molar-refractivity contribution in [1.29, 1.82) is 0 Å². The minimum atomic E-state index is -4.81. The number of alkyl halides is 3. The number of anilines is 1. The summed E-state index contributed by atoms with van der Waals surface area (Å²) in [6, 6.07) is 7.62. The van der Waals surface area contributed by atoms with Gasteiger partial charge in [0.1, 0.15) is 10.6 Å². The molecule has 2 N–H and O–H groups in total. The van der Waals surface area contributed by atoms with Gasteiger partial charge < -0.3 is 14.8 Å². The zero-order chi connectivity index (χ0) is 22.4. The van der Waals surface area contributed by atoms with Crippen molar-refractivity contribution in [2.75, 3.05) is 24.7 Å². The van der Waals surface area contributed by atoms with Gasteiger partial charge in [-0.15, -0.1) is 24.5 Å². The molecule has 0 spiro atoms. The van der Waals surface area contributed by atoms with E-state index in [2.05, 4.69) is 14.8 Å².